The first-order valence-corrected chi connectivity index (χ1v) is 15.6. The number of benzene rings is 2. The molecular weight excluding hydrogens is 574 g/mol. The number of aliphatic carboxylic acids is 1. The number of hydrogen-bond acceptors (Lipinski definition) is 8. The summed E-state index contributed by atoms with van der Waals surface area (Å²) in [6.45, 7) is 6.23. The van der Waals surface area contributed by atoms with Gasteiger partial charge in [-0.2, -0.15) is 0 Å². The first-order valence-electron chi connectivity index (χ1n) is 13.9. The molecule has 0 bridgehead atoms. The van der Waals surface area contributed by atoms with Gasteiger partial charge in [-0.3, -0.25) is 19.3 Å². The lowest BCUT2D eigenvalue weighted by atomic mass is 10.0. The summed E-state index contributed by atoms with van der Waals surface area (Å²) in [7, 11) is 0. The second-order valence-corrected chi connectivity index (χ2v) is 12.2. The van der Waals surface area contributed by atoms with E-state index in [9.17, 15) is 19.2 Å². The van der Waals surface area contributed by atoms with Crippen molar-refractivity contribution in [2.75, 3.05) is 23.8 Å². The van der Waals surface area contributed by atoms with Crippen LogP contribution >= 0.6 is 23.1 Å². The van der Waals surface area contributed by atoms with Crippen LogP contribution < -0.4 is 10.6 Å². The molecule has 1 aliphatic rings. The van der Waals surface area contributed by atoms with E-state index in [4.69, 9.17) is 9.84 Å². The first kappa shape index (κ1) is 31.3. The summed E-state index contributed by atoms with van der Waals surface area (Å²) >= 11 is 2.80. The van der Waals surface area contributed by atoms with Crippen molar-refractivity contribution in [3.05, 3.63) is 76.2 Å². The Morgan fingerprint density at radius 1 is 1.05 bits per heavy atom. The first-order chi connectivity index (χ1) is 20.3. The van der Waals surface area contributed by atoms with Crippen LogP contribution in [-0.2, 0) is 38.6 Å². The number of nitrogens with zero attached hydrogens (tertiary/aromatic N) is 1. The topological polar surface area (TPSA) is 125 Å². The molecule has 0 spiro atoms. The molecule has 0 aliphatic carbocycles. The van der Waals surface area contributed by atoms with E-state index in [1.54, 1.807) is 25.1 Å². The van der Waals surface area contributed by atoms with E-state index in [1.165, 1.54) is 28.7 Å². The lowest BCUT2D eigenvalue weighted by Crippen LogP contribution is -2.30. The third-order valence-corrected chi connectivity index (χ3v) is 9.22. The lowest BCUT2D eigenvalue weighted by molar-refractivity contribution is -0.138. The number of fused-ring (bicyclic) bond motifs is 1. The summed E-state index contributed by atoms with van der Waals surface area (Å²) < 4.78 is 5.39. The highest BCUT2D eigenvalue weighted by atomic mass is 32.2. The Morgan fingerprint density at radius 3 is 2.55 bits per heavy atom. The third kappa shape index (κ3) is 8.43. The molecule has 3 N–H and O–H groups in total. The number of nitrogens with one attached hydrogen (secondary N) is 2. The Kier molecular flexibility index (Phi) is 11.2. The highest BCUT2D eigenvalue weighted by Gasteiger charge is 2.31. The quantitative estimate of drug-likeness (QED) is 0.164. The molecule has 0 fully saturated rings. The summed E-state index contributed by atoms with van der Waals surface area (Å²) in [4.78, 5) is 53.5. The Hall–Kier alpha value is -3.67. The van der Waals surface area contributed by atoms with Gasteiger partial charge in [-0.05, 0) is 49.1 Å². The van der Waals surface area contributed by atoms with Crippen LogP contribution in [0.4, 0.5) is 10.7 Å². The molecule has 2 heterocycles. The molecular formula is C31H35N3O6S2. The number of ether oxygens (including phenoxy) is 1. The molecule has 3 aromatic rings. The van der Waals surface area contributed by atoms with E-state index in [-0.39, 0.29) is 31.3 Å². The third-order valence-electron chi connectivity index (χ3n) is 6.73. The van der Waals surface area contributed by atoms with Crippen LogP contribution in [0, 0.1) is 0 Å². The van der Waals surface area contributed by atoms with Crippen molar-refractivity contribution in [2.45, 2.75) is 62.8 Å². The van der Waals surface area contributed by atoms with E-state index >= 15 is 0 Å². The molecule has 0 saturated heterocycles. The maximum Gasteiger partial charge on any atom is 0.341 e. The van der Waals surface area contributed by atoms with Crippen molar-refractivity contribution in [3.8, 4) is 0 Å². The summed E-state index contributed by atoms with van der Waals surface area (Å²) in [6, 6.07) is 17.4. The molecule has 9 nitrogen and oxygen atoms in total. The predicted molar refractivity (Wildman–Crippen MR) is 165 cm³/mol. The van der Waals surface area contributed by atoms with Gasteiger partial charge < -0.3 is 20.5 Å². The fourth-order valence-corrected chi connectivity index (χ4v) is 7.00. The molecule has 0 radical (unpaired) electrons. The summed E-state index contributed by atoms with van der Waals surface area (Å²) in [5.74, 6) is -2.06. The van der Waals surface area contributed by atoms with E-state index < -0.39 is 17.2 Å². The molecule has 1 atom stereocenters. The predicted octanol–water partition coefficient (Wildman–Crippen LogP) is 5.80. The standard InChI is InChI=1S/C31H35N3O6S2/c1-3-24(41-22-12-8-11-21(17-22)32-26(35)13-14-27(36)37)29(38)33-30-28(31(39)40-4-2)23-15-16-34(19-25(23)42-30)18-20-9-6-5-7-10-20/h5-12,17,24H,3-4,13-16,18-19H2,1-2H3,(H,32,35)(H,33,38)(H,36,37). The fraction of sp³-hybridized carbons (Fsp3) is 0.355. The number of carbonyl (C=O) groups excluding carboxylic acids is 3. The number of carboxylic acids is 1. The van der Waals surface area contributed by atoms with Crippen LogP contribution in [0.25, 0.3) is 0 Å². The number of carbonyl (C=O) groups is 4. The molecule has 11 heteroatoms. The summed E-state index contributed by atoms with van der Waals surface area (Å²) in [5.41, 5.74) is 3.16. The van der Waals surface area contributed by atoms with Crippen LogP contribution in [0.3, 0.4) is 0 Å². The molecule has 4 rings (SSSR count). The zero-order valence-corrected chi connectivity index (χ0v) is 25.3. The number of thioether (sulfide) groups is 1. The van der Waals surface area contributed by atoms with Crippen molar-refractivity contribution in [1.82, 2.24) is 4.90 Å². The zero-order valence-electron chi connectivity index (χ0n) is 23.7. The van der Waals surface area contributed by atoms with Gasteiger partial charge in [-0.15, -0.1) is 23.1 Å². The SMILES string of the molecule is CCOC(=O)c1c(NC(=O)C(CC)Sc2cccc(NC(=O)CCC(=O)O)c2)sc2c1CCN(Cc1ccccc1)C2. The number of hydrogen-bond donors (Lipinski definition) is 3. The van der Waals surface area contributed by atoms with Crippen molar-refractivity contribution >= 4 is 57.5 Å². The number of rotatable bonds is 13. The zero-order chi connectivity index (χ0) is 30.1. The highest BCUT2D eigenvalue weighted by molar-refractivity contribution is 8.00. The Morgan fingerprint density at radius 2 is 1.83 bits per heavy atom. The average Bonchev–Trinajstić information content (AvgIpc) is 3.32. The summed E-state index contributed by atoms with van der Waals surface area (Å²) in [5, 5.41) is 14.6. The van der Waals surface area contributed by atoms with Crippen molar-refractivity contribution in [1.29, 1.82) is 0 Å². The lowest BCUT2D eigenvalue weighted by Gasteiger charge is -2.27. The van der Waals surface area contributed by atoms with Gasteiger partial charge in [0.05, 0.1) is 23.8 Å². The monoisotopic (exact) mass is 609 g/mol. The Labute approximate surface area is 253 Å². The molecule has 1 aromatic heterocycles. The van der Waals surface area contributed by atoms with Gasteiger partial charge in [0.2, 0.25) is 11.8 Å². The summed E-state index contributed by atoms with van der Waals surface area (Å²) in [6.07, 6.45) is 0.865. The van der Waals surface area contributed by atoms with Crippen molar-refractivity contribution in [3.63, 3.8) is 0 Å². The Bertz CT molecular complexity index is 1430. The highest BCUT2D eigenvalue weighted by Crippen LogP contribution is 2.39. The van der Waals surface area contributed by atoms with Crippen LogP contribution in [-0.4, -0.2) is 52.2 Å². The van der Waals surface area contributed by atoms with Crippen LogP contribution in [0.5, 0.6) is 0 Å². The van der Waals surface area contributed by atoms with Crippen LogP contribution in [0.2, 0.25) is 0 Å². The number of amides is 2. The van der Waals surface area contributed by atoms with Gasteiger partial charge >= 0.3 is 11.9 Å². The molecule has 2 amide bonds. The van der Waals surface area contributed by atoms with Crippen LogP contribution in [0.1, 0.15) is 59.5 Å². The minimum absolute atomic E-state index is 0.121. The molecule has 0 saturated carbocycles. The second-order valence-electron chi connectivity index (χ2n) is 9.85. The van der Waals surface area contributed by atoms with Gasteiger partial charge in [0.15, 0.2) is 0 Å². The van der Waals surface area contributed by atoms with E-state index in [2.05, 4.69) is 27.7 Å². The van der Waals surface area contributed by atoms with Crippen molar-refractivity contribution < 1.29 is 29.0 Å². The number of thiophene rings is 1. The van der Waals surface area contributed by atoms with Crippen molar-refractivity contribution in [2.24, 2.45) is 0 Å². The number of carboxylic acid groups (broad SMARTS) is 1. The van der Waals surface area contributed by atoms with E-state index in [0.717, 1.165) is 28.4 Å². The maximum absolute atomic E-state index is 13.5. The van der Waals surface area contributed by atoms with Gasteiger partial charge in [-0.25, -0.2) is 4.79 Å². The smallest absolute Gasteiger partial charge is 0.341 e. The van der Waals surface area contributed by atoms with Gasteiger partial charge in [0.25, 0.3) is 0 Å². The van der Waals surface area contributed by atoms with E-state index in [1.807, 2.05) is 31.2 Å². The molecule has 222 valence electrons. The maximum atomic E-state index is 13.5. The Balaban J connectivity index is 1.47. The molecule has 42 heavy (non-hydrogen) atoms. The van der Waals surface area contributed by atoms with Gasteiger partial charge in [0.1, 0.15) is 5.00 Å². The van der Waals surface area contributed by atoms with Crippen LogP contribution in [0.15, 0.2) is 59.5 Å². The fourth-order valence-electron chi connectivity index (χ4n) is 4.71. The molecule has 1 unspecified atom stereocenters. The molecule has 2 aromatic carbocycles. The minimum Gasteiger partial charge on any atom is -0.481 e. The second kappa shape index (κ2) is 15.0. The molecule has 1 aliphatic heterocycles. The normalized spacial score (nSPS) is 13.6. The van der Waals surface area contributed by atoms with E-state index in [0.29, 0.717) is 35.6 Å². The van der Waals surface area contributed by atoms with Gasteiger partial charge in [-0.1, -0.05) is 43.3 Å². The number of esters is 1. The van der Waals surface area contributed by atoms with Gasteiger partial charge in [0, 0.05) is 41.5 Å². The average molecular weight is 610 g/mol. The minimum atomic E-state index is -1.03. The largest absolute Gasteiger partial charge is 0.481 e. The number of anilines is 2.